The number of nitrogens with one attached hydrogen (secondary N) is 1. The quantitative estimate of drug-likeness (QED) is 0.560. The molecule has 1 aliphatic rings. The van der Waals surface area contributed by atoms with Crippen LogP contribution in [0.4, 0.5) is 0 Å². The molecule has 30 heavy (non-hydrogen) atoms. The molecule has 5 rings (SSSR count). The molecule has 1 aromatic carbocycles. The number of piperidine rings is 1. The van der Waals surface area contributed by atoms with Crippen molar-refractivity contribution < 1.29 is 4.79 Å². The molecule has 1 fully saturated rings. The summed E-state index contributed by atoms with van der Waals surface area (Å²) in [5.74, 6) is 0.900. The Labute approximate surface area is 172 Å². The summed E-state index contributed by atoms with van der Waals surface area (Å²) in [4.78, 5) is 34.1. The zero-order valence-electron chi connectivity index (χ0n) is 16.3. The molecule has 0 spiro atoms. The van der Waals surface area contributed by atoms with E-state index in [9.17, 15) is 9.59 Å². The van der Waals surface area contributed by atoms with E-state index in [0.29, 0.717) is 31.0 Å². The minimum atomic E-state index is -0.142. The monoisotopic (exact) mass is 403 g/mol. The molecular weight excluding hydrogens is 382 g/mol. The number of hydrogen-bond donors (Lipinski definition) is 1. The lowest BCUT2D eigenvalue weighted by atomic mass is 9.96. The van der Waals surface area contributed by atoms with Crippen molar-refractivity contribution in [3.05, 3.63) is 71.2 Å². The summed E-state index contributed by atoms with van der Waals surface area (Å²) in [6, 6.07) is 10.8. The third kappa shape index (κ3) is 3.49. The van der Waals surface area contributed by atoms with Crippen molar-refractivity contribution in [2.45, 2.75) is 19.4 Å². The van der Waals surface area contributed by atoms with Crippen LogP contribution in [0.15, 0.2) is 60.0 Å². The zero-order valence-corrected chi connectivity index (χ0v) is 16.3. The average Bonchev–Trinajstić information content (AvgIpc) is 3.47. The molecule has 0 aliphatic carbocycles. The Morgan fingerprint density at radius 1 is 1.13 bits per heavy atom. The van der Waals surface area contributed by atoms with Crippen LogP contribution in [0.2, 0.25) is 0 Å². The van der Waals surface area contributed by atoms with Gasteiger partial charge in [-0.15, -0.1) is 5.10 Å². The van der Waals surface area contributed by atoms with Gasteiger partial charge in [-0.2, -0.15) is 5.10 Å². The van der Waals surface area contributed by atoms with Gasteiger partial charge in [-0.3, -0.25) is 9.59 Å². The van der Waals surface area contributed by atoms with Gasteiger partial charge in [0.2, 0.25) is 0 Å². The highest BCUT2D eigenvalue weighted by Gasteiger charge is 2.24. The number of likely N-dealkylation sites (tertiary alicyclic amines) is 1. The van der Waals surface area contributed by atoms with E-state index in [0.717, 1.165) is 23.7 Å². The number of rotatable bonds is 4. The summed E-state index contributed by atoms with van der Waals surface area (Å²) in [5, 5.41) is 9.51. The van der Waals surface area contributed by atoms with Gasteiger partial charge in [-0.1, -0.05) is 0 Å². The number of H-pyrrole nitrogens is 1. The smallest absolute Gasteiger partial charge is 0.266 e. The van der Waals surface area contributed by atoms with Crippen LogP contribution in [-0.2, 0) is 6.54 Å². The van der Waals surface area contributed by atoms with E-state index in [4.69, 9.17) is 0 Å². The van der Waals surface area contributed by atoms with Gasteiger partial charge in [0.25, 0.3) is 11.5 Å². The fourth-order valence-corrected chi connectivity index (χ4v) is 3.95. The number of benzene rings is 1. The van der Waals surface area contributed by atoms with E-state index >= 15 is 0 Å². The Bertz CT molecular complexity index is 1230. The summed E-state index contributed by atoms with van der Waals surface area (Å²) >= 11 is 0. The maximum Gasteiger partial charge on any atom is 0.266 e. The van der Waals surface area contributed by atoms with Gasteiger partial charge < -0.3 is 9.88 Å². The Morgan fingerprint density at radius 2 is 2.00 bits per heavy atom. The van der Waals surface area contributed by atoms with Crippen molar-refractivity contribution in [2.75, 3.05) is 13.1 Å². The number of aromatic amines is 1. The third-order valence-electron chi connectivity index (χ3n) is 5.64. The maximum atomic E-state index is 12.9. The van der Waals surface area contributed by atoms with Gasteiger partial charge in [0.15, 0.2) is 5.82 Å². The second kappa shape index (κ2) is 7.58. The molecule has 1 aliphatic heterocycles. The molecule has 4 aromatic rings. The van der Waals surface area contributed by atoms with Crippen LogP contribution in [0, 0.1) is 5.92 Å². The third-order valence-corrected chi connectivity index (χ3v) is 5.64. The highest BCUT2D eigenvalue weighted by Crippen LogP contribution is 2.22. The van der Waals surface area contributed by atoms with Crippen molar-refractivity contribution in [2.24, 2.45) is 5.92 Å². The van der Waals surface area contributed by atoms with Crippen molar-refractivity contribution in [1.82, 2.24) is 34.4 Å². The Hall–Kier alpha value is -3.75. The zero-order chi connectivity index (χ0) is 20.5. The first-order valence-electron chi connectivity index (χ1n) is 9.97. The SMILES string of the molecule is O=C(c1ccc2[nH]ccc2c1)N1CCC(Cn2nc(-n3cncn3)ccc2=O)CC1. The van der Waals surface area contributed by atoms with Crippen LogP contribution in [0.25, 0.3) is 16.7 Å². The molecule has 9 heteroatoms. The van der Waals surface area contributed by atoms with Crippen LogP contribution >= 0.6 is 0 Å². The minimum Gasteiger partial charge on any atom is -0.361 e. The van der Waals surface area contributed by atoms with E-state index in [1.807, 2.05) is 35.4 Å². The van der Waals surface area contributed by atoms with Crippen LogP contribution < -0.4 is 5.56 Å². The lowest BCUT2D eigenvalue weighted by Crippen LogP contribution is -2.40. The molecular formula is C21H21N7O2. The number of nitrogens with zero attached hydrogens (tertiary/aromatic N) is 6. The Kier molecular flexibility index (Phi) is 4.62. The van der Waals surface area contributed by atoms with Gasteiger partial charge in [-0.25, -0.2) is 14.3 Å². The van der Waals surface area contributed by atoms with E-state index in [2.05, 4.69) is 20.2 Å². The van der Waals surface area contributed by atoms with E-state index in [1.165, 1.54) is 21.8 Å². The largest absolute Gasteiger partial charge is 0.361 e. The van der Waals surface area contributed by atoms with E-state index in [1.54, 1.807) is 12.4 Å². The van der Waals surface area contributed by atoms with Crippen molar-refractivity contribution >= 4 is 16.8 Å². The van der Waals surface area contributed by atoms with Crippen LogP contribution in [0.5, 0.6) is 0 Å². The fraction of sp³-hybridized carbons (Fsp3) is 0.286. The highest BCUT2D eigenvalue weighted by molar-refractivity contribution is 5.98. The number of fused-ring (bicyclic) bond motifs is 1. The first-order valence-corrected chi connectivity index (χ1v) is 9.97. The molecule has 0 radical (unpaired) electrons. The average molecular weight is 403 g/mol. The molecule has 3 aromatic heterocycles. The van der Waals surface area contributed by atoms with Gasteiger partial charge in [-0.05, 0) is 49.1 Å². The van der Waals surface area contributed by atoms with Crippen molar-refractivity contribution in [3.63, 3.8) is 0 Å². The molecule has 0 saturated carbocycles. The standard InChI is InChI=1S/C21H21N7O2/c29-20-4-3-19(28-14-22-13-24-28)25-27(20)12-15-6-9-26(10-7-15)21(30)17-1-2-18-16(11-17)5-8-23-18/h1-5,8,11,13-15,23H,6-7,9-10,12H2. The van der Waals surface area contributed by atoms with Crippen molar-refractivity contribution in [1.29, 1.82) is 0 Å². The molecule has 9 nitrogen and oxygen atoms in total. The number of amides is 1. The molecule has 1 saturated heterocycles. The van der Waals surface area contributed by atoms with Crippen LogP contribution in [0.3, 0.4) is 0 Å². The Balaban J connectivity index is 1.24. The summed E-state index contributed by atoms with van der Waals surface area (Å²) in [6.45, 7) is 1.87. The number of carbonyl (C=O) groups excluding carboxylic acids is 1. The molecule has 0 unspecified atom stereocenters. The van der Waals surface area contributed by atoms with Gasteiger partial charge in [0.1, 0.15) is 12.7 Å². The number of carbonyl (C=O) groups is 1. The Morgan fingerprint density at radius 3 is 2.80 bits per heavy atom. The lowest BCUT2D eigenvalue weighted by Gasteiger charge is -2.32. The number of hydrogen-bond acceptors (Lipinski definition) is 5. The first-order chi connectivity index (χ1) is 14.7. The summed E-state index contributed by atoms with van der Waals surface area (Å²) in [5.41, 5.74) is 1.59. The van der Waals surface area contributed by atoms with Crippen molar-refractivity contribution in [3.8, 4) is 5.82 Å². The summed E-state index contributed by atoms with van der Waals surface area (Å²) in [7, 11) is 0. The van der Waals surface area contributed by atoms with Crippen LogP contribution in [-0.4, -0.2) is 53.4 Å². The van der Waals surface area contributed by atoms with Gasteiger partial charge in [0.05, 0.1) is 0 Å². The lowest BCUT2D eigenvalue weighted by molar-refractivity contribution is 0.0680. The molecule has 152 valence electrons. The summed E-state index contributed by atoms with van der Waals surface area (Å²) < 4.78 is 3.01. The second-order valence-electron chi connectivity index (χ2n) is 7.57. The van der Waals surface area contributed by atoms with Crippen LogP contribution in [0.1, 0.15) is 23.2 Å². The van der Waals surface area contributed by atoms with Gasteiger partial charge in [0, 0.05) is 48.4 Å². The predicted octanol–water partition coefficient (Wildman–Crippen LogP) is 1.86. The minimum absolute atomic E-state index is 0.0556. The second-order valence-corrected chi connectivity index (χ2v) is 7.57. The molecule has 1 amide bonds. The molecule has 0 atom stereocenters. The molecule has 4 heterocycles. The van der Waals surface area contributed by atoms with E-state index in [-0.39, 0.29) is 17.4 Å². The first kappa shape index (κ1) is 18.3. The van der Waals surface area contributed by atoms with E-state index < -0.39 is 0 Å². The fourth-order valence-electron chi connectivity index (χ4n) is 3.95. The topological polar surface area (TPSA) is 102 Å². The molecule has 1 N–H and O–H groups in total. The number of aromatic nitrogens is 6. The maximum absolute atomic E-state index is 12.9. The summed E-state index contributed by atoms with van der Waals surface area (Å²) in [6.07, 6.45) is 6.52. The van der Waals surface area contributed by atoms with Gasteiger partial charge >= 0.3 is 0 Å². The normalized spacial score (nSPS) is 15.0. The highest BCUT2D eigenvalue weighted by atomic mass is 16.2. The predicted molar refractivity (Wildman–Crippen MR) is 110 cm³/mol. The molecule has 0 bridgehead atoms.